The van der Waals surface area contributed by atoms with Crippen LogP contribution in [0.1, 0.15) is 52.4 Å². The molecule has 4 aliphatic rings. The molecule has 36 heavy (non-hydrogen) atoms. The SMILES string of the molecule is C=C1C[C@]23C[C@@]1(O[Si](C)(C)C)[C@H](O[Si](C)(C)C)C[C@H]2[C@]1(C)CCC[C@@](C)(C(=O)OC)[C@H]1[C@@H]3C(=O)OC. The summed E-state index contributed by atoms with van der Waals surface area (Å²) in [5.74, 6) is -0.767. The van der Waals surface area contributed by atoms with Crippen molar-refractivity contribution in [3.8, 4) is 0 Å². The lowest BCUT2D eigenvalue weighted by molar-refractivity contribution is -0.170. The monoisotopic (exact) mass is 536 g/mol. The second-order valence-corrected chi connectivity index (χ2v) is 23.4. The molecule has 0 heterocycles. The lowest BCUT2D eigenvalue weighted by Gasteiger charge is -2.54. The van der Waals surface area contributed by atoms with E-state index in [1.54, 1.807) is 0 Å². The number of fused-ring (bicyclic) bond motifs is 3. The highest BCUT2D eigenvalue weighted by atomic mass is 28.4. The summed E-state index contributed by atoms with van der Waals surface area (Å²) < 4.78 is 25.0. The minimum absolute atomic E-state index is 0.0933. The summed E-state index contributed by atoms with van der Waals surface area (Å²) in [4.78, 5) is 27.2. The van der Waals surface area contributed by atoms with Crippen molar-refractivity contribution in [1.29, 1.82) is 0 Å². The molecule has 1 spiro atoms. The Morgan fingerprint density at radius 2 is 1.61 bits per heavy atom. The number of carbonyl (C=O) groups excluding carboxylic acids is 2. The Bertz CT molecular complexity index is 953. The summed E-state index contributed by atoms with van der Waals surface area (Å²) in [7, 11) is -0.968. The molecule has 0 saturated heterocycles. The fourth-order valence-corrected chi connectivity index (χ4v) is 12.0. The largest absolute Gasteiger partial charge is 0.469 e. The smallest absolute Gasteiger partial charge is 0.311 e. The van der Waals surface area contributed by atoms with Crippen LogP contribution >= 0.6 is 0 Å². The van der Waals surface area contributed by atoms with E-state index in [9.17, 15) is 9.59 Å². The number of hydrogen-bond donors (Lipinski definition) is 0. The minimum Gasteiger partial charge on any atom is -0.469 e. The molecule has 4 saturated carbocycles. The lowest BCUT2D eigenvalue weighted by atomic mass is 9.53. The van der Waals surface area contributed by atoms with Crippen LogP contribution in [0.25, 0.3) is 0 Å². The fraction of sp³-hybridized carbons (Fsp3) is 0.857. The van der Waals surface area contributed by atoms with E-state index in [-0.39, 0.29) is 40.7 Å². The topological polar surface area (TPSA) is 71.1 Å². The number of hydrogen-bond acceptors (Lipinski definition) is 6. The molecule has 0 unspecified atom stereocenters. The summed E-state index contributed by atoms with van der Waals surface area (Å²) in [5, 5.41) is 0. The van der Waals surface area contributed by atoms with Gasteiger partial charge in [0, 0.05) is 0 Å². The number of ether oxygens (including phenoxy) is 2. The average molecular weight is 537 g/mol. The molecule has 4 aliphatic carbocycles. The zero-order valence-electron chi connectivity index (χ0n) is 24.2. The highest BCUT2D eigenvalue weighted by Gasteiger charge is 2.79. The second kappa shape index (κ2) is 8.52. The van der Waals surface area contributed by atoms with Crippen molar-refractivity contribution in [3.63, 3.8) is 0 Å². The van der Waals surface area contributed by atoms with Gasteiger partial charge in [-0.15, -0.1) is 0 Å². The van der Waals surface area contributed by atoms with E-state index in [4.69, 9.17) is 18.3 Å². The summed E-state index contributed by atoms with van der Waals surface area (Å²) in [5.41, 5.74) is -0.849. The first-order valence-corrected chi connectivity index (χ1v) is 20.4. The van der Waals surface area contributed by atoms with Crippen molar-refractivity contribution in [2.75, 3.05) is 14.2 Å². The molecule has 0 aromatic rings. The summed E-state index contributed by atoms with van der Waals surface area (Å²) in [6, 6.07) is 0. The average Bonchev–Trinajstić information content (AvgIpc) is 3.11. The maximum atomic E-state index is 13.8. The molecule has 2 bridgehead atoms. The first-order chi connectivity index (χ1) is 16.4. The molecule has 0 radical (unpaired) electrons. The quantitative estimate of drug-likeness (QED) is 0.238. The van der Waals surface area contributed by atoms with Gasteiger partial charge in [-0.3, -0.25) is 9.59 Å². The van der Waals surface area contributed by atoms with Crippen molar-refractivity contribution >= 4 is 28.6 Å². The van der Waals surface area contributed by atoms with Crippen LogP contribution in [0.4, 0.5) is 0 Å². The number of rotatable bonds is 6. The van der Waals surface area contributed by atoms with Crippen LogP contribution in [0.2, 0.25) is 39.3 Å². The highest BCUT2D eigenvalue weighted by molar-refractivity contribution is 6.70. The van der Waals surface area contributed by atoms with Gasteiger partial charge in [0.1, 0.15) is 5.60 Å². The van der Waals surface area contributed by atoms with Crippen LogP contribution in [0, 0.1) is 34.0 Å². The Hall–Kier alpha value is -0.966. The van der Waals surface area contributed by atoms with Crippen LogP contribution in [-0.4, -0.2) is 54.5 Å². The van der Waals surface area contributed by atoms with Gasteiger partial charge < -0.3 is 18.3 Å². The number of methoxy groups -OCH3 is 2. The van der Waals surface area contributed by atoms with Crippen molar-refractivity contribution in [1.82, 2.24) is 0 Å². The molecule has 204 valence electrons. The first kappa shape index (κ1) is 28.1. The van der Waals surface area contributed by atoms with Crippen molar-refractivity contribution in [2.24, 2.45) is 34.0 Å². The zero-order valence-corrected chi connectivity index (χ0v) is 26.2. The van der Waals surface area contributed by atoms with E-state index in [1.165, 1.54) is 14.2 Å². The van der Waals surface area contributed by atoms with Crippen molar-refractivity contribution < 1.29 is 27.9 Å². The van der Waals surface area contributed by atoms with E-state index in [0.717, 1.165) is 37.7 Å². The van der Waals surface area contributed by atoms with Crippen LogP contribution in [0.3, 0.4) is 0 Å². The molecular formula is C28H48O6Si2. The van der Waals surface area contributed by atoms with Crippen molar-refractivity contribution in [3.05, 3.63) is 12.2 Å². The molecule has 0 aliphatic heterocycles. The molecule has 8 atom stereocenters. The molecule has 0 aromatic carbocycles. The van der Waals surface area contributed by atoms with E-state index in [2.05, 4.69) is 52.8 Å². The van der Waals surface area contributed by atoms with E-state index in [0.29, 0.717) is 6.42 Å². The number of carbonyl (C=O) groups is 2. The predicted molar refractivity (Wildman–Crippen MR) is 145 cm³/mol. The van der Waals surface area contributed by atoms with Crippen LogP contribution < -0.4 is 0 Å². The minimum atomic E-state index is -2.00. The third kappa shape index (κ3) is 3.92. The molecule has 0 amide bonds. The Morgan fingerprint density at radius 1 is 0.972 bits per heavy atom. The Morgan fingerprint density at radius 3 is 2.14 bits per heavy atom. The molecule has 8 heteroatoms. The highest BCUT2D eigenvalue weighted by Crippen LogP contribution is 2.79. The third-order valence-corrected chi connectivity index (χ3v) is 12.0. The molecule has 4 rings (SSSR count). The predicted octanol–water partition coefficient (Wildman–Crippen LogP) is 5.94. The van der Waals surface area contributed by atoms with Gasteiger partial charge in [-0.2, -0.15) is 0 Å². The summed E-state index contributed by atoms with van der Waals surface area (Å²) >= 11 is 0. The lowest BCUT2D eigenvalue weighted by Crippen LogP contribution is -2.59. The summed E-state index contributed by atoms with van der Waals surface area (Å²) in [6.07, 6.45) is 4.81. The molecule has 4 fully saturated rings. The maximum Gasteiger partial charge on any atom is 0.311 e. The third-order valence-electron chi connectivity index (χ3n) is 10.0. The van der Waals surface area contributed by atoms with Gasteiger partial charge in [-0.05, 0) is 107 Å². The summed E-state index contributed by atoms with van der Waals surface area (Å²) in [6.45, 7) is 22.3. The second-order valence-electron chi connectivity index (χ2n) is 14.5. The Labute approximate surface area is 220 Å². The standard InChI is InChI=1S/C28H48O6Si2/c1-18-16-27-17-28(18,34-36(9,10)11)20(33-35(6,7)8)15-19(27)25(2)13-12-14-26(3,24(30)32-5)22(25)21(27)23(29)31-4/h19-22H,1,12-17H2,2-11H3/t19-,20+,21+,22-,25-,26+,27-,28-/m0/s1. The Balaban J connectivity index is 1.95. The van der Waals surface area contributed by atoms with Crippen molar-refractivity contribution in [2.45, 2.75) is 103 Å². The van der Waals surface area contributed by atoms with Crippen LogP contribution in [0.5, 0.6) is 0 Å². The fourth-order valence-electron chi connectivity index (χ4n) is 9.41. The molecule has 0 aromatic heterocycles. The van der Waals surface area contributed by atoms with Gasteiger partial charge in [0.15, 0.2) is 16.6 Å². The van der Waals surface area contributed by atoms with Crippen LogP contribution in [0.15, 0.2) is 12.2 Å². The van der Waals surface area contributed by atoms with E-state index < -0.39 is 33.6 Å². The van der Waals surface area contributed by atoms with Crippen LogP contribution in [-0.2, 0) is 27.9 Å². The van der Waals surface area contributed by atoms with Gasteiger partial charge in [0.05, 0.1) is 31.7 Å². The van der Waals surface area contributed by atoms with E-state index >= 15 is 0 Å². The zero-order chi connectivity index (χ0) is 27.1. The van der Waals surface area contributed by atoms with Gasteiger partial charge in [-0.25, -0.2) is 0 Å². The normalized spacial score (nSPS) is 44.1. The maximum absolute atomic E-state index is 13.8. The first-order valence-electron chi connectivity index (χ1n) is 13.6. The molecular weight excluding hydrogens is 488 g/mol. The van der Waals surface area contributed by atoms with Gasteiger partial charge in [0.25, 0.3) is 0 Å². The number of esters is 2. The van der Waals surface area contributed by atoms with Gasteiger partial charge in [-0.1, -0.05) is 19.9 Å². The van der Waals surface area contributed by atoms with Gasteiger partial charge >= 0.3 is 11.9 Å². The molecule has 6 nitrogen and oxygen atoms in total. The van der Waals surface area contributed by atoms with Gasteiger partial charge in [0.2, 0.25) is 0 Å². The van der Waals surface area contributed by atoms with E-state index in [1.807, 2.05) is 6.92 Å². The Kier molecular flexibility index (Phi) is 6.64. The molecule has 0 N–H and O–H groups in total.